The van der Waals surface area contributed by atoms with Gasteiger partial charge in [0.15, 0.2) is 12.4 Å². The molecule has 0 aromatic heterocycles. The molecule has 0 aliphatic carbocycles. The fourth-order valence-electron chi connectivity index (χ4n) is 3.56. The van der Waals surface area contributed by atoms with E-state index in [4.69, 9.17) is 37.5 Å². The second kappa shape index (κ2) is 12.0. The average molecular weight is 563 g/mol. The molecular formula is C27H28Cl2N2O7. The SMILES string of the molecule is CC(C)(C)OC(=O)CC(NC(=O)C1(C)CC(c2ccccc2)=NO1)C(=O)COC(=O)c1c(Cl)cccc1Cl. The van der Waals surface area contributed by atoms with E-state index in [1.807, 2.05) is 30.3 Å². The summed E-state index contributed by atoms with van der Waals surface area (Å²) >= 11 is 12.1. The lowest BCUT2D eigenvalue weighted by Gasteiger charge is -2.26. The average Bonchev–Trinajstić information content (AvgIpc) is 3.25. The van der Waals surface area contributed by atoms with Crippen LogP contribution < -0.4 is 5.32 Å². The first-order chi connectivity index (χ1) is 17.8. The van der Waals surface area contributed by atoms with Gasteiger partial charge in [0.2, 0.25) is 5.60 Å². The number of amides is 1. The number of Topliss-reactive ketones (excluding diaryl/α,β-unsaturated/α-hetero) is 1. The van der Waals surface area contributed by atoms with Crippen LogP contribution in [0.2, 0.25) is 10.0 Å². The van der Waals surface area contributed by atoms with Crippen LogP contribution in [0.3, 0.4) is 0 Å². The van der Waals surface area contributed by atoms with Crippen molar-refractivity contribution in [2.75, 3.05) is 6.61 Å². The van der Waals surface area contributed by atoms with E-state index >= 15 is 0 Å². The molecule has 1 amide bonds. The predicted octanol–water partition coefficient (Wildman–Crippen LogP) is 4.52. The van der Waals surface area contributed by atoms with Crippen LogP contribution in [0.4, 0.5) is 0 Å². The number of nitrogens with one attached hydrogen (secondary N) is 1. The van der Waals surface area contributed by atoms with E-state index in [1.165, 1.54) is 19.1 Å². The van der Waals surface area contributed by atoms with Crippen molar-refractivity contribution in [1.29, 1.82) is 0 Å². The Hall–Kier alpha value is -3.43. The number of ketones is 1. The van der Waals surface area contributed by atoms with Crippen molar-refractivity contribution in [1.82, 2.24) is 5.32 Å². The molecule has 38 heavy (non-hydrogen) atoms. The summed E-state index contributed by atoms with van der Waals surface area (Å²) in [6, 6.07) is 12.3. The lowest BCUT2D eigenvalue weighted by atomic mass is 9.94. The molecule has 1 aliphatic heterocycles. The van der Waals surface area contributed by atoms with E-state index in [2.05, 4.69) is 10.5 Å². The minimum absolute atomic E-state index is 0.0501. The summed E-state index contributed by atoms with van der Waals surface area (Å²) in [4.78, 5) is 56.8. The number of rotatable bonds is 9. The van der Waals surface area contributed by atoms with Gasteiger partial charge in [0.1, 0.15) is 11.6 Å². The molecule has 0 bridgehead atoms. The fourth-order valence-corrected chi connectivity index (χ4v) is 4.11. The summed E-state index contributed by atoms with van der Waals surface area (Å²) in [5, 5.41) is 6.68. The van der Waals surface area contributed by atoms with Gasteiger partial charge in [0.25, 0.3) is 5.91 Å². The molecule has 2 atom stereocenters. The molecule has 2 aromatic rings. The zero-order chi connectivity index (χ0) is 28.1. The van der Waals surface area contributed by atoms with Crippen molar-refractivity contribution in [3.63, 3.8) is 0 Å². The molecule has 9 nitrogen and oxygen atoms in total. The van der Waals surface area contributed by atoms with E-state index in [0.717, 1.165) is 5.56 Å². The molecule has 1 N–H and O–H groups in total. The Morgan fingerprint density at radius 1 is 1.05 bits per heavy atom. The number of halogens is 2. The van der Waals surface area contributed by atoms with Crippen molar-refractivity contribution in [2.24, 2.45) is 5.16 Å². The number of carbonyl (C=O) groups is 4. The number of esters is 2. The van der Waals surface area contributed by atoms with Crippen LogP contribution in [0, 0.1) is 0 Å². The third-order valence-corrected chi connectivity index (χ3v) is 6.08. The van der Waals surface area contributed by atoms with E-state index in [9.17, 15) is 19.2 Å². The maximum atomic E-state index is 13.2. The van der Waals surface area contributed by atoms with Gasteiger partial charge < -0.3 is 19.6 Å². The van der Waals surface area contributed by atoms with E-state index in [1.54, 1.807) is 26.8 Å². The first-order valence-corrected chi connectivity index (χ1v) is 12.5. The maximum absolute atomic E-state index is 13.2. The quantitative estimate of drug-likeness (QED) is 0.446. The Balaban J connectivity index is 1.72. The van der Waals surface area contributed by atoms with Crippen molar-refractivity contribution in [3.8, 4) is 0 Å². The molecule has 0 spiro atoms. The molecule has 2 aromatic carbocycles. The zero-order valence-corrected chi connectivity index (χ0v) is 22.9. The van der Waals surface area contributed by atoms with Crippen LogP contribution in [-0.2, 0) is 28.7 Å². The first kappa shape index (κ1) is 29.1. The number of oxime groups is 1. The van der Waals surface area contributed by atoms with Gasteiger partial charge in [-0.05, 0) is 45.4 Å². The van der Waals surface area contributed by atoms with Gasteiger partial charge in [-0.15, -0.1) is 0 Å². The van der Waals surface area contributed by atoms with Gasteiger partial charge in [-0.1, -0.05) is 64.8 Å². The third-order valence-electron chi connectivity index (χ3n) is 5.45. The molecule has 2 unspecified atom stereocenters. The highest BCUT2D eigenvalue weighted by Crippen LogP contribution is 2.28. The topological polar surface area (TPSA) is 120 Å². The maximum Gasteiger partial charge on any atom is 0.341 e. The number of hydrogen-bond donors (Lipinski definition) is 1. The van der Waals surface area contributed by atoms with E-state index in [0.29, 0.717) is 5.71 Å². The largest absolute Gasteiger partial charge is 0.460 e. The smallest absolute Gasteiger partial charge is 0.341 e. The zero-order valence-electron chi connectivity index (χ0n) is 21.4. The lowest BCUT2D eigenvalue weighted by Crippen LogP contribution is -2.52. The van der Waals surface area contributed by atoms with Gasteiger partial charge in [-0.25, -0.2) is 4.79 Å². The molecule has 202 valence electrons. The van der Waals surface area contributed by atoms with Gasteiger partial charge in [0, 0.05) is 6.42 Å². The van der Waals surface area contributed by atoms with Crippen molar-refractivity contribution in [2.45, 2.75) is 57.8 Å². The number of ether oxygens (including phenoxy) is 2. The van der Waals surface area contributed by atoms with Gasteiger partial charge >= 0.3 is 11.9 Å². The molecule has 3 rings (SSSR count). The molecule has 1 aliphatic rings. The summed E-state index contributed by atoms with van der Waals surface area (Å²) in [5.74, 6) is -3.07. The Morgan fingerprint density at radius 2 is 1.68 bits per heavy atom. The van der Waals surface area contributed by atoms with Crippen molar-refractivity contribution >= 4 is 52.5 Å². The molecule has 0 saturated carbocycles. The monoisotopic (exact) mass is 562 g/mol. The fraction of sp³-hybridized carbons (Fsp3) is 0.370. The van der Waals surface area contributed by atoms with Gasteiger partial charge in [-0.2, -0.15) is 0 Å². The van der Waals surface area contributed by atoms with Crippen LogP contribution in [-0.4, -0.2) is 53.2 Å². The molecule has 0 saturated heterocycles. The molecule has 1 heterocycles. The second-order valence-electron chi connectivity index (χ2n) is 9.86. The highest BCUT2D eigenvalue weighted by atomic mass is 35.5. The molecule has 0 radical (unpaired) electrons. The summed E-state index contributed by atoms with van der Waals surface area (Å²) in [6.45, 7) is 5.79. The highest BCUT2D eigenvalue weighted by molar-refractivity contribution is 6.39. The lowest BCUT2D eigenvalue weighted by molar-refractivity contribution is -0.157. The van der Waals surface area contributed by atoms with Crippen LogP contribution in [0.1, 0.15) is 56.5 Å². The van der Waals surface area contributed by atoms with Crippen LogP contribution in [0.25, 0.3) is 0 Å². The normalized spacial score (nSPS) is 17.6. The summed E-state index contributed by atoms with van der Waals surface area (Å²) < 4.78 is 10.4. The van der Waals surface area contributed by atoms with Crippen molar-refractivity contribution < 1.29 is 33.5 Å². The van der Waals surface area contributed by atoms with Crippen LogP contribution in [0.15, 0.2) is 53.7 Å². The third kappa shape index (κ3) is 7.55. The Morgan fingerprint density at radius 3 is 2.29 bits per heavy atom. The predicted molar refractivity (Wildman–Crippen MR) is 141 cm³/mol. The minimum atomic E-state index is -1.43. The highest BCUT2D eigenvalue weighted by Gasteiger charge is 2.44. The molecule has 0 fully saturated rings. The minimum Gasteiger partial charge on any atom is -0.460 e. The molecular weight excluding hydrogens is 535 g/mol. The summed E-state index contributed by atoms with van der Waals surface area (Å²) in [5.41, 5.74) is -1.01. The second-order valence-corrected chi connectivity index (χ2v) is 10.7. The Bertz CT molecular complexity index is 1240. The van der Waals surface area contributed by atoms with Crippen LogP contribution >= 0.6 is 23.2 Å². The standard InChI is InChI=1S/C27H28Cl2N2O7/c1-26(2,3)37-22(33)13-19(21(32)15-36-24(34)23-17(28)11-8-12-18(23)29)30-25(35)27(4)14-20(31-38-27)16-9-6-5-7-10-16/h5-12,19H,13-15H2,1-4H3,(H,30,35). The van der Waals surface area contributed by atoms with E-state index < -0.39 is 53.9 Å². The summed E-state index contributed by atoms with van der Waals surface area (Å²) in [6.07, 6.45) is -0.356. The number of carbonyl (C=O) groups excluding carboxylic acids is 4. The summed E-state index contributed by atoms with van der Waals surface area (Å²) in [7, 11) is 0. The van der Waals surface area contributed by atoms with Gasteiger partial charge in [0.05, 0.1) is 27.7 Å². The Kier molecular flexibility index (Phi) is 9.17. The van der Waals surface area contributed by atoms with Crippen molar-refractivity contribution in [3.05, 3.63) is 69.7 Å². The van der Waals surface area contributed by atoms with E-state index in [-0.39, 0.29) is 22.0 Å². The van der Waals surface area contributed by atoms with Gasteiger partial charge in [-0.3, -0.25) is 14.4 Å². The Labute approximate surface area is 230 Å². The number of benzene rings is 2. The number of hydrogen-bond acceptors (Lipinski definition) is 8. The first-order valence-electron chi connectivity index (χ1n) is 11.8. The number of nitrogens with zero attached hydrogens (tertiary/aromatic N) is 1. The molecule has 11 heteroatoms. The van der Waals surface area contributed by atoms with Crippen LogP contribution in [0.5, 0.6) is 0 Å².